The molecule has 26 heavy (non-hydrogen) atoms. The average Bonchev–Trinajstić information content (AvgIpc) is 3.29. The minimum Gasteiger partial charge on any atom is -0.337 e. The van der Waals surface area contributed by atoms with E-state index in [0.29, 0.717) is 11.8 Å². The maximum absolute atomic E-state index is 5.45. The largest absolute Gasteiger partial charge is 0.337 e. The Morgan fingerprint density at radius 2 is 1.96 bits per heavy atom. The number of hydrogen-bond donors (Lipinski definition) is 0. The van der Waals surface area contributed by atoms with Crippen LogP contribution < -0.4 is 4.90 Å². The van der Waals surface area contributed by atoms with Gasteiger partial charge >= 0.3 is 0 Å². The summed E-state index contributed by atoms with van der Waals surface area (Å²) in [5, 5.41) is 8.55. The molecule has 1 aromatic carbocycles. The first-order valence-electron chi connectivity index (χ1n) is 9.19. The molecule has 0 amide bonds. The van der Waals surface area contributed by atoms with Crippen LogP contribution in [-0.4, -0.2) is 51.0 Å². The summed E-state index contributed by atoms with van der Waals surface area (Å²) in [6, 6.07) is 9.90. The quantitative estimate of drug-likeness (QED) is 0.703. The van der Waals surface area contributed by atoms with Gasteiger partial charge in [-0.25, -0.2) is 0 Å². The first-order valence-corrected chi connectivity index (χ1v) is 9.19. The smallest absolute Gasteiger partial charge is 0.266 e. The lowest BCUT2D eigenvalue weighted by molar-refractivity contribution is 0.285. The van der Waals surface area contributed by atoms with Gasteiger partial charge in [-0.1, -0.05) is 18.2 Å². The topological polar surface area (TPSA) is 63.2 Å². The van der Waals surface area contributed by atoms with E-state index >= 15 is 0 Å². The van der Waals surface area contributed by atoms with Crippen LogP contribution >= 0.6 is 0 Å². The Morgan fingerprint density at radius 3 is 2.77 bits per heavy atom. The highest BCUT2D eigenvalue weighted by Gasteiger charge is 2.20. The van der Waals surface area contributed by atoms with Crippen molar-refractivity contribution in [2.45, 2.75) is 26.4 Å². The second-order valence-electron chi connectivity index (χ2n) is 6.59. The van der Waals surface area contributed by atoms with Crippen LogP contribution in [-0.2, 0) is 13.1 Å². The highest BCUT2D eigenvalue weighted by Crippen LogP contribution is 2.21. The van der Waals surface area contributed by atoms with Crippen LogP contribution in [0.2, 0.25) is 0 Å². The number of anilines is 1. The molecule has 3 heterocycles. The number of benzene rings is 1. The van der Waals surface area contributed by atoms with Crippen LogP contribution in [0.3, 0.4) is 0 Å². The van der Waals surface area contributed by atoms with Crippen LogP contribution in [0, 0.1) is 0 Å². The van der Waals surface area contributed by atoms with Gasteiger partial charge in [0.2, 0.25) is 0 Å². The zero-order valence-corrected chi connectivity index (χ0v) is 15.1. The van der Waals surface area contributed by atoms with E-state index in [2.05, 4.69) is 38.2 Å². The lowest BCUT2D eigenvalue weighted by Gasteiger charge is -2.20. The van der Waals surface area contributed by atoms with Crippen LogP contribution in [0.5, 0.6) is 0 Å². The van der Waals surface area contributed by atoms with Crippen LogP contribution in [0.15, 0.2) is 47.2 Å². The van der Waals surface area contributed by atoms with Gasteiger partial charge in [0.05, 0.1) is 6.20 Å². The zero-order valence-electron chi connectivity index (χ0n) is 15.1. The highest BCUT2D eigenvalue weighted by atomic mass is 16.5. The number of hydrogen-bond acceptors (Lipinski definition) is 6. The zero-order chi connectivity index (χ0) is 17.8. The van der Waals surface area contributed by atoms with Crippen molar-refractivity contribution in [1.82, 2.24) is 24.8 Å². The van der Waals surface area contributed by atoms with E-state index in [0.717, 1.165) is 51.3 Å². The fraction of sp³-hybridized carbons (Fsp3) is 0.421. The van der Waals surface area contributed by atoms with Crippen molar-refractivity contribution in [2.75, 3.05) is 31.1 Å². The number of rotatable bonds is 5. The molecule has 0 spiro atoms. The van der Waals surface area contributed by atoms with Crippen molar-refractivity contribution in [2.24, 2.45) is 0 Å². The van der Waals surface area contributed by atoms with E-state index in [1.807, 2.05) is 41.2 Å². The van der Waals surface area contributed by atoms with Crippen LogP contribution in [0.4, 0.5) is 5.95 Å². The van der Waals surface area contributed by atoms with Crippen molar-refractivity contribution in [1.29, 1.82) is 0 Å². The summed E-state index contributed by atoms with van der Waals surface area (Å²) in [7, 11) is 0. The molecule has 0 saturated carbocycles. The molecule has 7 heteroatoms. The Hall–Kier alpha value is -2.67. The van der Waals surface area contributed by atoms with Crippen molar-refractivity contribution < 1.29 is 4.52 Å². The molecule has 0 radical (unpaired) electrons. The molecule has 1 aliphatic rings. The van der Waals surface area contributed by atoms with Crippen molar-refractivity contribution in [3.8, 4) is 11.5 Å². The lowest BCUT2D eigenvalue weighted by Crippen LogP contribution is -2.31. The highest BCUT2D eigenvalue weighted by molar-refractivity contribution is 5.54. The summed E-state index contributed by atoms with van der Waals surface area (Å²) in [6.45, 7) is 7.85. The van der Waals surface area contributed by atoms with Gasteiger partial charge in [-0.2, -0.15) is 10.1 Å². The van der Waals surface area contributed by atoms with Gasteiger partial charge in [-0.15, -0.1) is 0 Å². The lowest BCUT2D eigenvalue weighted by atomic mass is 10.2. The monoisotopic (exact) mass is 352 g/mol. The normalized spacial score (nSPS) is 16.0. The second kappa shape index (κ2) is 7.70. The first kappa shape index (κ1) is 16.8. The van der Waals surface area contributed by atoms with E-state index in [1.54, 1.807) is 0 Å². The standard InChI is InChI=1S/C19H24N6O/c1-2-25-15-16(13-20-25)14-23-9-6-10-24(12-11-23)19-21-18(26-22-19)17-7-4-3-5-8-17/h3-5,7-8,13,15H,2,6,9-12,14H2,1H3. The van der Waals surface area contributed by atoms with Crippen LogP contribution in [0.25, 0.3) is 11.5 Å². The van der Waals surface area contributed by atoms with E-state index in [4.69, 9.17) is 4.52 Å². The molecule has 0 aliphatic carbocycles. The summed E-state index contributed by atoms with van der Waals surface area (Å²) >= 11 is 0. The third kappa shape index (κ3) is 3.77. The Morgan fingerprint density at radius 1 is 1.08 bits per heavy atom. The number of aryl methyl sites for hydroxylation is 1. The molecule has 0 N–H and O–H groups in total. The molecule has 1 fully saturated rings. The molecule has 136 valence electrons. The van der Waals surface area contributed by atoms with E-state index < -0.39 is 0 Å². The number of aromatic nitrogens is 4. The Bertz CT molecular complexity index is 827. The van der Waals surface area contributed by atoms with Gasteiger partial charge in [0.25, 0.3) is 11.8 Å². The van der Waals surface area contributed by atoms with Gasteiger partial charge in [-0.05, 0) is 30.6 Å². The fourth-order valence-corrected chi connectivity index (χ4v) is 3.29. The third-order valence-electron chi connectivity index (χ3n) is 4.72. The summed E-state index contributed by atoms with van der Waals surface area (Å²) in [5.74, 6) is 1.26. The molecule has 0 atom stereocenters. The number of nitrogens with zero attached hydrogens (tertiary/aromatic N) is 6. The van der Waals surface area contributed by atoms with Gasteiger partial charge in [0.15, 0.2) is 0 Å². The average molecular weight is 352 g/mol. The van der Waals surface area contributed by atoms with Crippen molar-refractivity contribution in [3.63, 3.8) is 0 Å². The van der Waals surface area contributed by atoms with Gasteiger partial charge < -0.3 is 9.42 Å². The Balaban J connectivity index is 1.38. The predicted molar refractivity (Wildman–Crippen MR) is 99.7 cm³/mol. The molecule has 4 rings (SSSR count). The maximum atomic E-state index is 5.45. The first-order chi connectivity index (χ1) is 12.8. The fourth-order valence-electron chi connectivity index (χ4n) is 3.29. The predicted octanol–water partition coefficient (Wildman–Crippen LogP) is 2.67. The Labute approximate surface area is 153 Å². The molecule has 0 unspecified atom stereocenters. The molecule has 3 aromatic rings. The van der Waals surface area contributed by atoms with E-state index in [1.165, 1.54) is 5.56 Å². The minimum absolute atomic E-state index is 0.577. The molecule has 0 bridgehead atoms. The summed E-state index contributed by atoms with van der Waals surface area (Å²) in [6.07, 6.45) is 5.18. The third-order valence-corrected chi connectivity index (χ3v) is 4.72. The molecule has 1 aliphatic heterocycles. The van der Waals surface area contributed by atoms with Crippen LogP contribution in [0.1, 0.15) is 18.9 Å². The SMILES string of the molecule is CCn1cc(CN2CCCN(c3noc(-c4ccccc4)n3)CC2)cn1. The van der Waals surface area contributed by atoms with Gasteiger partial charge in [-0.3, -0.25) is 9.58 Å². The molecule has 1 saturated heterocycles. The summed E-state index contributed by atoms with van der Waals surface area (Å²) in [5.41, 5.74) is 2.22. The minimum atomic E-state index is 0.577. The van der Waals surface area contributed by atoms with E-state index in [-0.39, 0.29) is 0 Å². The maximum Gasteiger partial charge on any atom is 0.266 e. The molecular weight excluding hydrogens is 328 g/mol. The van der Waals surface area contributed by atoms with Gasteiger partial charge in [0, 0.05) is 56.6 Å². The van der Waals surface area contributed by atoms with Crippen molar-refractivity contribution in [3.05, 3.63) is 48.3 Å². The van der Waals surface area contributed by atoms with E-state index in [9.17, 15) is 0 Å². The second-order valence-corrected chi connectivity index (χ2v) is 6.59. The molecular formula is C19H24N6O. The Kier molecular flexibility index (Phi) is 4.97. The van der Waals surface area contributed by atoms with Gasteiger partial charge in [0.1, 0.15) is 0 Å². The summed E-state index contributed by atoms with van der Waals surface area (Å²) < 4.78 is 7.43. The molecule has 2 aromatic heterocycles. The molecule has 7 nitrogen and oxygen atoms in total. The van der Waals surface area contributed by atoms with Crippen molar-refractivity contribution >= 4 is 5.95 Å². The summed E-state index contributed by atoms with van der Waals surface area (Å²) in [4.78, 5) is 9.27.